The fourth-order valence-corrected chi connectivity index (χ4v) is 2.02. The van der Waals surface area contributed by atoms with Gasteiger partial charge in [0.2, 0.25) is 0 Å². The lowest BCUT2D eigenvalue weighted by atomic mass is 10.1. The van der Waals surface area contributed by atoms with Gasteiger partial charge in [0.05, 0.1) is 24.3 Å². The van der Waals surface area contributed by atoms with E-state index in [1.807, 2.05) is 12.1 Å². The van der Waals surface area contributed by atoms with Crippen LogP contribution in [0.3, 0.4) is 0 Å². The molecular weight excluding hydrogens is 288 g/mol. The highest BCUT2D eigenvalue weighted by Crippen LogP contribution is 2.42. The minimum Gasteiger partial charge on any atom is -0.492 e. The standard InChI is InChI=1S/C11H11BrN2O3/c1-15-10-6(8-5-9(13)14-17-8)3-4-7(12)11(10)16-2/h3-5H,1-2H3,(H2,13,14). The van der Waals surface area contributed by atoms with Crippen LogP contribution in [-0.4, -0.2) is 19.4 Å². The molecule has 0 aliphatic carbocycles. The van der Waals surface area contributed by atoms with Gasteiger partial charge in [0.25, 0.3) is 0 Å². The molecule has 17 heavy (non-hydrogen) atoms. The number of aromatic nitrogens is 1. The number of nitrogens with zero attached hydrogens (tertiary/aromatic N) is 1. The second kappa shape index (κ2) is 4.67. The number of nitrogens with two attached hydrogens (primary N) is 1. The van der Waals surface area contributed by atoms with Crippen molar-refractivity contribution in [1.82, 2.24) is 5.16 Å². The molecule has 0 amide bonds. The molecule has 0 atom stereocenters. The highest BCUT2D eigenvalue weighted by atomic mass is 79.9. The maximum absolute atomic E-state index is 5.52. The van der Waals surface area contributed by atoms with Crippen LogP contribution in [0.15, 0.2) is 27.2 Å². The maximum Gasteiger partial charge on any atom is 0.175 e. The largest absolute Gasteiger partial charge is 0.492 e. The monoisotopic (exact) mass is 298 g/mol. The molecule has 0 bridgehead atoms. The van der Waals surface area contributed by atoms with Gasteiger partial charge in [-0.15, -0.1) is 0 Å². The summed E-state index contributed by atoms with van der Waals surface area (Å²) in [7, 11) is 3.13. The second-order valence-corrected chi connectivity index (χ2v) is 4.13. The number of methoxy groups -OCH3 is 2. The Morgan fingerprint density at radius 2 is 1.94 bits per heavy atom. The third kappa shape index (κ3) is 2.08. The Bertz CT molecular complexity index is 540. The molecule has 0 spiro atoms. The maximum atomic E-state index is 5.52. The number of anilines is 1. The van der Waals surface area contributed by atoms with Gasteiger partial charge in [-0.25, -0.2) is 0 Å². The summed E-state index contributed by atoms with van der Waals surface area (Å²) in [5.74, 6) is 2.02. The van der Waals surface area contributed by atoms with E-state index < -0.39 is 0 Å². The Morgan fingerprint density at radius 1 is 1.24 bits per heavy atom. The zero-order valence-corrected chi connectivity index (χ0v) is 10.9. The predicted octanol–water partition coefficient (Wildman–Crippen LogP) is 2.70. The average Bonchev–Trinajstić information content (AvgIpc) is 2.75. The topological polar surface area (TPSA) is 70.5 Å². The molecule has 0 saturated carbocycles. The van der Waals surface area contributed by atoms with Gasteiger partial charge >= 0.3 is 0 Å². The number of rotatable bonds is 3. The molecule has 0 saturated heterocycles. The Kier molecular flexibility index (Phi) is 3.23. The predicted molar refractivity (Wildman–Crippen MR) is 67.2 cm³/mol. The van der Waals surface area contributed by atoms with Crippen LogP contribution in [-0.2, 0) is 0 Å². The van der Waals surface area contributed by atoms with Gasteiger partial charge in [-0.1, -0.05) is 5.16 Å². The van der Waals surface area contributed by atoms with Gasteiger partial charge in [-0.3, -0.25) is 0 Å². The van der Waals surface area contributed by atoms with Gasteiger partial charge in [0, 0.05) is 6.07 Å². The van der Waals surface area contributed by atoms with Crippen molar-refractivity contribution < 1.29 is 14.0 Å². The van der Waals surface area contributed by atoms with Crippen molar-refractivity contribution in [3.8, 4) is 22.8 Å². The van der Waals surface area contributed by atoms with Crippen molar-refractivity contribution in [3.05, 3.63) is 22.7 Å². The second-order valence-electron chi connectivity index (χ2n) is 3.28. The smallest absolute Gasteiger partial charge is 0.175 e. The molecular formula is C11H11BrN2O3. The summed E-state index contributed by atoms with van der Waals surface area (Å²) < 4.78 is 16.5. The molecule has 2 rings (SSSR count). The quantitative estimate of drug-likeness (QED) is 0.943. The molecule has 1 heterocycles. The van der Waals surface area contributed by atoms with E-state index in [0.717, 1.165) is 10.0 Å². The van der Waals surface area contributed by atoms with Crippen molar-refractivity contribution in [2.45, 2.75) is 0 Å². The summed E-state index contributed by atoms with van der Waals surface area (Å²) >= 11 is 3.38. The third-order valence-corrected chi connectivity index (χ3v) is 2.89. The molecule has 1 aromatic carbocycles. The normalized spacial score (nSPS) is 10.3. The van der Waals surface area contributed by atoms with Crippen molar-refractivity contribution in [2.75, 3.05) is 20.0 Å². The Hall–Kier alpha value is -1.69. The Labute approximate surface area is 107 Å². The molecule has 0 unspecified atom stereocenters. The van der Waals surface area contributed by atoms with Crippen molar-refractivity contribution in [1.29, 1.82) is 0 Å². The van der Waals surface area contributed by atoms with E-state index >= 15 is 0 Å². The van der Waals surface area contributed by atoms with E-state index in [1.54, 1.807) is 20.3 Å². The Balaban J connectivity index is 2.62. The fourth-order valence-electron chi connectivity index (χ4n) is 1.54. The van der Waals surface area contributed by atoms with Crippen molar-refractivity contribution in [2.24, 2.45) is 0 Å². The van der Waals surface area contributed by atoms with Crippen molar-refractivity contribution >= 4 is 21.7 Å². The summed E-state index contributed by atoms with van der Waals surface area (Å²) in [6, 6.07) is 5.31. The summed E-state index contributed by atoms with van der Waals surface area (Å²) in [4.78, 5) is 0. The average molecular weight is 299 g/mol. The number of ether oxygens (including phenoxy) is 2. The van der Waals surface area contributed by atoms with E-state index in [4.69, 9.17) is 19.7 Å². The SMILES string of the molecule is COc1c(Br)ccc(-c2cc(N)no2)c1OC. The summed E-state index contributed by atoms with van der Waals surface area (Å²) in [6.07, 6.45) is 0. The van der Waals surface area contributed by atoms with Crippen LogP contribution in [0, 0.1) is 0 Å². The molecule has 0 aliphatic heterocycles. The molecule has 2 N–H and O–H groups in total. The van der Waals surface area contributed by atoms with Gasteiger partial charge in [-0.05, 0) is 28.1 Å². The Morgan fingerprint density at radius 3 is 2.47 bits per heavy atom. The molecule has 5 nitrogen and oxygen atoms in total. The van der Waals surface area contributed by atoms with Crippen LogP contribution in [0.2, 0.25) is 0 Å². The van der Waals surface area contributed by atoms with E-state index in [2.05, 4.69) is 21.1 Å². The molecule has 2 aromatic rings. The lowest BCUT2D eigenvalue weighted by Gasteiger charge is -2.12. The van der Waals surface area contributed by atoms with Crippen LogP contribution < -0.4 is 15.2 Å². The van der Waals surface area contributed by atoms with Gasteiger partial charge in [-0.2, -0.15) is 0 Å². The highest BCUT2D eigenvalue weighted by Gasteiger charge is 2.17. The number of nitrogen functional groups attached to an aromatic ring is 1. The minimum absolute atomic E-state index is 0.323. The number of hydrogen-bond acceptors (Lipinski definition) is 5. The fraction of sp³-hybridized carbons (Fsp3) is 0.182. The lowest BCUT2D eigenvalue weighted by Crippen LogP contribution is -1.93. The summed E-state index contributed by atoms with van der Waals surface area (Å²) in [6.45, 7) is 0. The van der Waals surface area contributed by atoms with Crippen LogP contribution in [0.5, 0.6) is 11.5 Å². The van der Waals surface area contributed by atoms with E-state index in [1.165, 1.54) is 0 Å². The zero-order chi connectivity index (χ0) is 12.4. The van der Waals surface area contributed by atoms with Crippen LogP contribution >= 0.6 is 15.9 Å². The highest BCUT2D eigenvalue weighted by molar-refractivity contribution is 9.10. The number of benzene rings is 1. The number of hydrogen-bond donors (Lipinski definition) is 1. The van der Waals surface area contributed by atoms with Crippen LogP contribution in [0.1, 0.15) is 0 Å². The molecule has 0 radical (unpaired) electrons. The summed E-state index contributed by atoms with van der Waals surface area (Å²) in [5, 5.41) is 3.64. The first kappa shape index (κ1) is 11.8. The first-order valence-electron chi connectivity index (χ1n) is 4.80. The van der Waals surface area contributed by atoms with Crippen molar-refractivity contribution in [3.63, 3.8) is 0 Å². The van der Waals surface area contributed by atoms with Gasteiger partial charge in [0.1, 0.15) is 0 Å². The van der Waals surface area contributed by atoms with Gasteiger partial charge in [0.15, 0.2) is 23.1 Å². The number of halogens is 1. The molecule has 6 heteroatoms. The van der Waals surface area contributed by atoms with Crippen LogP contribution in [0.4, 0.5) is 5.82 Å². The molecule has 0 fully saturated rings. The first-order valence-corrected chi connectivity index (χ1v) is 5.59. The first-order chi connectivity index (χ1) is 8.17. The molecule has 0 aliphatic rings. The van der Waals surface area contributed by atoms with E-state index in [9.17, 15) is 0 Å². The third-order valence-electron chi connectivity index (χ3n) is 2.27. The van der Waals surface area contributed by atoms with E-state index in [-0.39, 0.29) is 0 Å². The molecule has 1 aromatic heterocycles. The van der Waals surface area contributed by atoms with E-state index in [0.29, 0.717) is 23.1 Å². The minimum atomic E-state index is 0.323. The lowest BCUT2D eigenvalue weighted by molar-refractivity contribution is 0.352. The van der Waals surface area contributed by atoms with Gasteiger partial charge < -0.3 is 19.7 Å². The molecule has 90 valence electrons. The van der Waals surface area contributed by atoms with Crippen LogP contribution in [0.25, 0.3) is 11.3 Å². The summed E-state index contributed by atoms with van der Waals surface area (Å²) in [5.41, 5.74) is 6.25. The zero-order valence-electron chi connectivity index (χ0n) is 9.36.